The fourth-order valence-corrected chi connectivity index (χ4v) is 4.43. The van der Waals surface area contributed by atoms with E-state index in [0.717, 1.165) is 30.6 Å². The topological polar surface area (TPSA) is 98.5 Å². The molecule has 0 bridgehead atoms. The Morgan fingerprint density at radius 3 is 2.52 bits per heavy atom. The summed E-state index contributed by atoms with van der Waals surface area (Å²) < 4.78 is 29.0. The number of nitrogens with one attached hydrogen (secondary N) is 1. The van der Waals surface area contributed by atoms with Crippen LogP contribution in [0, 0.1) is 0 Å². The van der Waals surface area contributed by atoms with Crippen LogP contribution in [0.5, 0.6) is 0 Å². The van der Waals surface area contributed by atoms with E-state index in [1.165, 1.54) is 7.11 Å². The SMILES string of the molecule is CCCCCNc1sc(C(=O)OC)c(N)c1S(=O)(=O)CC. The van der Waals surface area contributed by atoms with Gasteiger partial charge in [0.15, 0.2) is 9.84 Å². The maximum absolute atomic E-state index is 12.2. The van der Waals surface area contributed by atoms with Crippen molar-refractivity contribution in [2.75, 3.05) is 30.5 Å². The van der Waals surface area contributed by atoms with Crippen LogP contribution in [-0.2, 0) is 14.6 Å². The van der Waals surface area contributed by atoms with Gasteiger partial charge in [0.25, 0.3) is 0 Å². The van der Waals surface area contributed by atoms with Crippen molar-refractivity contribution in [3.8, 4) is 0 Å². The number of methoxy groups -OCH3 is 1. The average Bonchev–Trinajstić information content (AvgIpc) is 2.80. The third-order valence-corrected chi connectivity index (χ3v) is 6.11. The minimum Gasteiger partial charge on any atom is -0.465 e. The van der Waals surface area contributed by atoms with Crippen LogP contribution in [0.1, 0.15) is 42.8 Å². The molecule has 0 atom stereocenters. The highest BCUT2D eigenvalue weighted by Gasteiger charge is 2.28. The Balaban J connectivity index is 3.18. The summed E-state index contributed by atoms with van der Waals surface area (Å²) in [5, 5.41) is 3.50. The summed E-state index contributed by atoms with van der Waals surface area (Å²) in [7, 11) is -2.27. The number of thiophene rings is 1. The zero-order valence-electron chi connectivity index (χ0n) is 12.6. The van der Waals surface area contributed by atoms with Crippen LogP contribution >= 0.6 is 11.3 Å². The number of nitrogens with two attached hydrogens (primary N) is 1. The van der Waals surface area contributed by atoms with Crippen LogP contribution < -0.4 is 11.1 Å². The predicted octanol–water partition coefficient (Wildman–Crippen LogP) is 2.51. The van der Waals surface area contributed by atoms with Gasteiger partial charge < -0.3 is 15.8 Å². The van der Waals surface area contributed by atoms with Crippen molar-refractivity contribution in [3.63, 3.8) is 0 Å². The molecule has 1 aromatic rings. The molecule has 1 aromatic heterocycles. The summed E-state index contributed by atoms with van der Waals surface area (Å²) in [5.74, 6) is -0.690. The number of esters is 1. The second-order valence-electron chi connectivity index (χ2n) is 4.53. The Morgan fingerprint density at radius 1 is 1.33 bits per heavy atom. The first-order valence-electron chi connectivity index (χ1n) is 6.86. The number of hydrogen-bond acceptors (Lipinski definition) is 7. The Kier molecular flexibility index (Phi) is 6.47. The lowest BCUT2D eigenvalue weighted by molar-refractivity contribution is 0.0607. The molecule has 0 saturated carbocycles. The molecular weight excluding hydrogens is 312 g/mol. The van der Waals surface area contributed by atoms with Gasteiger partial charge in [-0.15, -0.1) is 11.3 Å². The van der Waals surface area contributed by atoms with E-state index in [1.54, 1.807) is 6.92 Å². The Morgan fingerprint density at radius 2 is 2.00 bits per heavy atom. The van der Waals surface area contributed by atoms with Crippen molar-refractivity contribution in [3.05, 3.63) is 4.88 Å². The molecule has 8 heteroatoms. The molecule has 0 saturated heterocycles. The summed E-state index contributed by atoms with van der Waals surface area (Å²) in [6, 6.07) is 0. The van der Waals surface area contributed by atoms with Gasteiger partial charge in [-0.1, -0.05) is 26.7 Å². The van der Waals surface area contributed by atoms with Gasteiger partial charge in [-0.25, -0.2) is 13.2 Å². The molecule has 1 heterocycles. The molecule has 6 nitrogen and oxygen atoms in total. The lowest BCUT2D eigenvalue weighted by atomic mass is 10.2. The number of rotatable bonds is 8. The first-order chi connectivity index (χ1) is 9.88. The molecule has 0 fully saturated rings. The predicted molar refractivity (Wildman–Crippen MR) is 85.8 cm³/mol. The molecule has 0 aliphatic rings. The Labute approximate surface area is 129 Å². The lowest BCUT2D eigenvalue weighted by Crippen LogP contribution is -2.10. The quantitative estimate of drug-likeness (QED) is 0.560. The fourth-order valence-electron chi connectivity index (χ4n) is 1.82. The molecule has 1 rings (SSSR count). The molecule has 120 valence electrons. The average molecular weight is 334 g/mol. The fraction of sp³-hybridized carbons (Fsp3) is 0.615. The first-order valence-corrected chi connectivity index (χ1v) is 9.33. The highest BCUT2D eigenvalue weighted by atomic mass is 32.2. The first kappa shape index (κ1) is 17.8. The number of hydrogen-bond donors (Lipinski definition) is 2. The van der Waals surface area contributed by atoms with Crippen molar-refractivity contribution < 1.29 is 17.9 Å². The molecule has 0 aliphatic heterocycles. The number of ether oxygens (including phenoxy) is 1. The number of unbranched alkanes of at least 4 members (excludes halogenated alkanes) is 2. The smallest absolute Gasteiger partial charge is 0.350 e. The number of sulfone groups is 1. The van der Waals surface area contributed by atoms with E-state index in [9.17, 15) is 13.2 Å². The largest absolute Gasteiger partial charge is 0.465 e. The third-order valence-electron chi connectivity index (χ3n) is 3.03. The van der Waals surface area contributed by atoms with E-state index < -0.39 is 15.8 Å². The Bertz CT molecular complexity index is 594. The molecule has 21 heavy (non-hydrogen) atoms. The van der Waals surface area contributed by atoms with Crippen LogP contribution in [0.15, 0.2) is 4.90 Å². The Hall–Kier alpha value is -1.28. The number of nitrogen functional groups attached to an aromatic ring is 1. The monoisotopic (exact) mass is 334 g/mol. The van der Waals surface area contributed by atoms with Crippen LogP contribution in [0.25, 0.3) is 0 Å². The molecule has 3 N–H and O–H groups in total. The van der Waals surface area contributed by atoms with Gasteiger partial charge in [-0.2, -0.15) is 0 Å². The molecular formula is C13H22N2O4S2. The number of carbonyl (C=O) groups excluding carboxylic acids is 1. The summed E-state index contributed by atoms with van der Waals surface area (Å²) in [4.78, 5) is 11.8. The third kappa shape index (κ3) is 4.10. The minimum atomic E-state index is -3.51. The zero-order chi connectivity index (χ0) is 16.0. The summed E-state index contributed by atoms with van der Waals surface area (Å²) >= 11 is 1.03. The van der Waals surface area contributed by atoms with E-state index in [2.05, 4.69) is 17.0 Å². The van der Waals surface area contributed by atoms with E-state index >= 15 is 0 Å². The highest BCUT2D eigenvalue weighted by molar-refractivity contribution is 7.91. The molecule has 0 spiro atoms. The number of anilines is 2. The van der Waals surface area contributed by atoms with Crippen molar-refractivity contribution in [1.29, 1.82) is 0 Å². The lowest BCUT2D eigenvalue weighted by Gasteiger charge is -2.07. The normalized spacial score (nSPS) is 11.4. The summed E-state index contributed by atoms with van der Waals surface area (Å²) in [6.07, 6.45) is 3.04. The second kappa shape index (κ2) is 7.65. The van der Waals surface area contributed by atoms with Crippen molar-refractivity contribution in [2.24, 2.45) is 0 Å². The van der Waals surface area contributed by atoms with Crippen LogP contribution in [-0.4, -0.2) is 33.8 Å². The van der Waals surface area contributed by atoms with Crippen LogP contribution in [0.3, 0.4) is 0 Å². The molecule has 0 radical (unpaired) electrons. The van der Waals surface area contributed by atoms with Gasteiger partial charge in [0.2, 0.25) is 0 Å². The van der Waals surface area contributed by atoms with Crippen molar-refractivity contribution in [2.45, 2.75) is 38.0 Å². The highest BCUT2D eigenvalue weighted by Crippen LogP contribution is 2.40. The standard InChI is InChI=1S/C13H22N2O4S2/c1-4-6-7-8-15-12-11(21(17,18)5-2)9(14)10(20-12)13(16)19-3/h15H,4-8,14H2,1-3H3. The van der Waals surface area contributed by atoms with Gasteiger partial charge in [0, 0.05) is 6.54 Å². The van der Waals surface area contributed by atoms with E-state index in [1.807, 2.05) is 0 Å². The molecule has 0 aromatic carbocycles. The van der Waals surface area contributed by atoms with E-state index in [4.69, 9.17) is 5.73 Å². The van der Waals surface area contributed by atoms with Crippen LogP contribution in [0.2, 0.25) is 0 Å². The van der Waals surface area contributed by atoms with E-state index in [0.29, 0.717) is 11.5 Å². The second-order valence-corrected chi connectivity index (χ2v) is 7.77. The van der Waals surface area contributed by atoms with E-state index in [-0.39, 0.29) is 21.2 Å². The van der Waals surface area contributed by atoms with Crippen molar-refractivity contribution >= 4 is 37.8 Å². The summed E-state index contributed by atoms with van der Waals surface area (Å²) in [5.41, 5.74) is 5.84. The van der Waals surface area contributed by atoms with Gasteiger partial charge in [-0.3, -0.25) is 0 Å². The van der Waals surface area contributed by atoms with Crippen molar-refractivity contribution in [1.82, 2.24) is 0 Å². The summed E-state index contributed by atoms with van der Waals surface area (Å²) in [6.45, 7) is 4.28. The zero-order valence-corrected chi connectivity index (χ0v) is 14.2. The molecule has 0 unspecified atom stereocenters. The van der Waals surface area contributed by atoms with Gasteiger partial charge in [0.05, 0.1) is 18.6 Å². The minimum absolute atomic E-state index is 0.0203. The maximum Gasteiger partial charge on any atom is 0.350 e. The molecule has 0 amide bonds. The number of carbonyl (C=O) groups is 1. The van der Waals surface area contributed by atoms with Gasteiger partial charge >= 0.3 is 5.97 Å². The maximum atomic E-state index is 12.2. The van der Waals surface area contributed by atoms with Gasteiger partial charge in [0.1, 0.15) is 14.8 Å². The van der Waals surface area contributed by atoms with Crippen LogP contribution in [0.4, 0.5) is 10.7 Å². The molecule has 0 aliphatic carbocycles. The van der Waals surface area contributed by atoms with Gasteiger partial charge in [-0.05, 0) is 6.42 Å².